The van der Waals surface area contributed by atoms with E-state index in [0.717, 1.165) is 34.4 Å². The van der Waals surface area contributed by atoms with Crippen LogP contribution in [0.4, 0.5) is 0 Å². The van der Waals surface area contributed by atoms with Crippen molar-refractivity contribution in [3.63, 3.8) is 0 Å². The van der Waals surface area contributed by atoms with Gasteiger partial charge in [-0.3, -0.25) is 5.43 Å². The average molecular weight is 390 g/mol. The Morgan fingerprint density at radius 3 is 2.62 bits per heavy atom. The van der Waals surface area contributed by atoms with Crippen LogP contribution in [-0.2, 0) is 6.42 Å². The molecule has 0 bridgehead atoms. The standard InChI is InChI=1S/C19H20ClN3O2S/c1-25-14-7-9-15-12(10-14)4-8-16(18(15)24)17(22-23-19(21)26)11-2-5-13(20)6-3-11/h2-3,5-7,9-10,17,22,24H,4,8H2,1H3,(H3,21,23,26). The molecule has 5 N–H and O–H groups in total. The van der Waals surface area contributed by atoms with Crippen molar-refractivity contribution in [2.75, 3.05) is 7.11 Å². The number of nitrogens with two attached hydrogens (primary N) is 1. The Hall–Kier alpha value is -2.28. The second kappa shape index (κ2) is 7.95. The molecule has 136 valence electrons. The van der Waals surface area contributed by atoms with Gasteiger partial charge < -0.3 is 15.6 Å². The zero-order chi connectivity index (χ0) is 18.7. The SMILES string of the molecule is COc1ccc2c(c1)CCC(C(NNC(N)=S)c1ccc(Cl)cc1)=C2O. The van der Waals surface area contributed by atoms with Crippen LogP contribution in [0.15, 0.2) is 48.0 Å². The van der Waals surface area contributed by atoms with Crippen LogP contribution in [0.1, 0.15) is 29.2 Å². The molecule has 0 fully saturated rings. The number of hydrazine groups is 1. The Kier molecular flexibility index (Phi) is 5.66. The van der Waals surface area contributed by atoms with Crippen LogP contribution in [0.25, 0.3) is 5.76 Å². The Morgan fingerprint density at radius 1 is 1.23 bits per heavy atom. The molecule has 0 aromatic heterocycles. The number of thiocarbonyl (C=S) groups is 1. The quantitative estimate of drug-likeness (QED) is 0.462. The van der Waals surface area contributed by atoms with Crippen LogP contribution in [0, 0.1) is 0 Å². The van der Waals surface area contributed by atoms with Crippen molar-refractivity contribution in [2.24, 2.45) is 5.73 Å². The van der Waals surface area contributed by atoms with Gasteiger partial charge in [0.1, 0.15) is 11.5 Å². The molecule has 5 nitrogen and oxygen atoms in total. The Morgan fingerprint density at radius 2 is 1.96 bits per heavy atom. The maximum absolute atomic E-state index is 10.9. The molecular formula is C19H20ClN3O2S. The van der Waals surface area contributed by atoms with Gasteiger partial charge in [-0.05, 0) is 72.1 Å². The highest BCUT2D eigenvalue weighted by molar-refractivity contribution is 7.80. The molecule has 0 saturated heterocycles. The van der Waals surface area contributed by atoms with Gasteiger partial charge in [-0.1, -0.05) is 23.7 Å². The van der Waals surface area contributed by atoms with Crippen LogP contribution in [0.2, 0.25) is 5.02 Å². The van der Waals surface area contributed by atoms with Crippen LogP contribution >= 0.6 is 23.8 Å². The monoisotopic (exact) mass is 389 g/mol. The van der Waals surface area contributed by atoms with E-state index >= 15 is 0 Å². The highest BCUT2D eigenvalue weighted by Gasteiger charge is 2.26. The highest BCUT2D eigenvalue weighted by atomic mass is 35.5. The smallest absolute Gasteiger partial charge is 0.178 e. The molecule has 0 saturated carbocycles. The number of rotatable bonds is 5. The molecule has 2 aromatic rings. The van der Waals surface area contributed by atoms with Crippen LogP contribution in [-0.4, -0.2) is 17.3 Å². The Balaban J connectivity index is 2.01. The van der Waals surface area contributed by atoms with Gasteiger partial charge in [0.25, 0.3) is 0 Å². The summed E-state index contributed by atoms with van der Waals surface area (Å²) < 4.78 is 5.27. The number of aryl methyl sites for hydroxylation is 1. The maximum atomic E-state index is 10.9. The van der Waals surface area contributed by atoms with E-state index in [1.165, 1.54) is 0 Å². The first-order valence-electron chi connectivity index (χ1n) is 8.15. The number of benzene rings is 2. The van der Waals surface area contributed by atoms with Crippen molar-refractivity contribution >= 4 is 34.7 Å². The molecule has 0 aliphatic heterocycles. The van der Waals surface area contributed by atoms with Crippen LogP contribution in [0.5, 0.6) is 5.75 Å². The normalized spacial score (nSPS) is 14.5. The van der Waals surface area contributed by atoms with Gasteiger partial charge in [0.15, 0.2) is 5.11 Å². The average Bonchev–Trinajstić information content (AvgIpc) is 2.64. The van der Waals surface area contributed by atoms with E-state index in [2.05, 4.69) is 10.9 Å². The highest BCUT2D eigenvalue weighted by Crippen LogP contribution is 2.37. The number of halogens is 1. The Labute approximate surface area is 162 Å². The van der Waals surface area contributed by atoms with Gasteiger partial charge in [-0.15, -0.1) is 0 Å². The fourth-order valence-electron chi connectivity index (χ4n) is 3.15. The molecular weight excluding hydrogens is 370 g/mol. The number of methoxy groups -OCH3 is 1. The molecule has 0 amide bonds. The van der Waals surface area contributed by atoms with Crippen molar-refractivity contribution in [2.45, 2.75) is 18.9 Å². The van der Waals surface area contributed by atoms with Gasteiger partial charge in [-0.2, -0.15) is 0 Å². The number of fused-ring (bicyclic) bond motifs is 1. The first-order valence-corrected chi connectivity index (χ1v) is 8.94. The summed E-state index contributed by atoms with van der Waals surface area (Å²) in [5.41, 5.74) is 15.1. The van der Waals surface area contributed by atoms with Gasteiger partial charge in [-0.25, -0.2) is 5.43 Å². The minimum absolute atomic E-state index is 0.130. The number of ether oxygens (including phenoxy) is 1. The van der Waals surface area contributed by atoms with E-state index in [0.29, 0.717) is 11.4 Å². The molecule has 26 heavy (non-hydrogen) atoms. The second-order valence-electron chi connectivity index (χ2n) is 6.02. The van der Waals surface area contributed by atoms with Crippen molar-refractivity contribution < 1.29 is 9.84 Å². The third-order valence-corrected chi connectivity index (χ3v) is 4.78. The predicted molar refractivity (Wildman–Crippen MR) is 108 cm³/mol. The number of aliphatic hydroxyl groups excluding tert-OH is 1. The zero-order valence-corrected chi connectivity index (χ0v) is 15.8. The molecule has 2 aromatic carbocycles. The largest absolute Gasteiger partial charge is 0.507 e. The van der Waals surface area contributed by atoms with E-state index in [1.54, 1.807) is 7.11 Å². The summed E-state index contributed by atoms with van der Waals surface area (Å²) in [7, 11) is 1.63. The number of hydrogen-bond acceptors (Lipinski definition) is 4. The van der Waals surface area contributed by atoms with Crippen molar-refractivity contribution in [1.82, 2.24) is 10.9 Å². The molecule has 0 radical (unpaired) electrons. The third kappa shape index (κ3) is 3.93. The van der Waals surface area contributed by atoms with E-state index < -0.39 is 0 Å². The van der Waals surface area contributed by atoms with Crippen molar-refractivity contribution in [3.05, 3.63) is 69.8 Å². The minimum atomic E-state index is -0.302. The van der Waals surface area contributed by atoms with Gasteiger partial charge in [0.05, 0.1) is 13.2 Å². The van der Waals surface area contributed by atoms with Gasteiger partial charge >= 0.3 is 0 Å². The first kappa shape index (κ1) is 18.5. The summed E-state index contributed by atoms with van der Waals surface area (Å²) >= 11 is 10.9. The van der Waals surface area contributed by atoms with E-state index in [1.807, 2.05) is 42.5 Å². The van der Waals surface area contributed by atoms with Crippen LogP contribution in [0.3, 0.4) is 0 Å². The van der Waals surface area contributed by atoms with Crippen molar-refractivity contribution in [1.29, 1.82) is 0 Å². The molecule has 7 heteroatoms. The molecule has 0 spiro atoms. The summed E-state index contributed by atoms with van der Waals surface area (Å²) in [6.07, 6.45) is 1.48. The first-order chi connectivity index (χ1) is 12.5. The number of hydrogen-bond donors (Lipinski definition) is 4. The molecule has 1 atom stereocenters. The summed E-state index contributed by atoms with van der Waals surface area (Å²) in [6, 6.07) is 12.8. The summed E-state index contributed by atoms with van der Waals surface area (Å²) in [4.78, 5) is 0. The predicted octanol–water partition coefficient (Wildman–Crippen LogP) is 3.64. The minimum Gasteiger partial charge on any atom is -0.507 e. The second-order valence-corrected chi connectivity index (χ2v) is 6.89. The van der Waals surface area contributed by atoms with Crippen molar-refractivity contribution in [3.8, 4) is 5.75 Å². The molecule has 3 rings (SSSR count). The summed E-state index contributed by atoms with van der Waals surface area (Å²) in [5, 5.41) is 11.7. The molecule has 1 aliphatic rings. The summed E-state index contributed by atoms with van der Waals surface area (Å²) in [5.74, 6) is 1.04. The fraction of sp³-hybridized carbons (Fsp3) is 0.211. The topological polar surface area (TPSA) is 79.5 Å². The lowest BCUT2D eigenvalue weighted by atomic mass is 9.85. The zero-order valence-electron chi connectivity index (χ0n) is 14.3. The van der Waals surface area contributed by atoms with Gasteiger partial charge in [0, 0.05) is 10.6 Å². The number of nitrogens with one attached hydrogen (secondary N) is 2. The Bertz CT molecular complexity index is 852. The van der Waals surface area contributed by atoms with Crippen LogP contribution < -0.4 is 21.3 Å². The van der Waals surface area contributed by atoms with E-state index in [9.17, 15) is 5.11 Å². The molecule has 1 unspecified atom stereocenters. The lowest BCUT2D eigenvalue weighted by Crippen LogP contribution is -2.43. The number of aliphatic hydroxyl groups is 1. The fourth-order valence-corrected chi connectivity index (χ4v) is 3.33. The molecule has 1 aliphatic carbocycles. The summed E-state index contributed by atoms with van der Waals surface area (Å²) in [6.45, 7) is 0. The molecule has 0 heterocycles. The van der Waals surface area contributed by atoms with E-state index in [4.69, 9.17) is 34.3 Å². The van der Waals surface area contributed by atoms with Gasteiger partial charge in [0.2, 0.25) is 0 Å². The lowest BCUT2D eigenvalue weighted by molar-refractivity contribution is 0.413. The third-order valence-electron chi connectivity index (χ3n) is 4.43. The lowest BCUT2D eigenvalue weighted by Gasteiger charge is -2.28. The maximum Gasteiger partial charge on any atom is 0.178 e. The van der Waals surface area contributed by atoms with E-state index in [-0.39, 0.29) is 16.9 Å².